The molecule has 3 atom stereocenters. The summed E-state index contributed by atoms with van der Waals surface area (Å²) in [6, 6.07) is 0. The number of carbonyl (C=O) groups excluding carboxylic acids is 2. The third-order valence-corrected chi connectivity index (χ3v) is 4.70. The fourth-order valence-corrected chi connectivity index (χ4v) is 3.43. The molecule has 0 aromatic heterocycles. The molecule has 0 amide bonds. The van der Waals surface area contributed by atoms with Gasteiger partial charge in [0, 0.05) is 18.3 Å². The zero-order valence-corrected chi connectivity index (χ0v) is 10.9. The summed E-state index contributed by atoms with van der Waals surface area (Å²) >= 11 is 0. The van der Waals surface area contributed by atoms with E-state index < -0.39 is 0 Å². The minimum atomic E-state index is 0.0260. The zero-order valence-electron chi connectivity index (χ0n) is 10.9. The largest absolute Gasteiger partial charge is 0.303 e. The molecule has 2 aliphatic carbocycles. The summed E-state index contributed by atoms with van der Waals surface area (Å²) in [4.78, 5) is 22.1. The standard InChI is InChI=1S/C15H22O2/c1-10-5-4-7-15(2,3)13(10)9-12-11(6-8-16)14(12)17/h8,11-13H,1,4-7,9H2,2-3H3/t11-,12-,13+/m1/s1. The molecule has 2 nitrogen and oxygen atoms in total. The highest BCUT2D eigenvalue weighted by Gasteiger charge is 2.51. The number of hydrogen-bond donors (Lipinski definition) is 0. The lowest BCUT2D eigenvalue weighted by molar-refractivity contribution is -0.114. The molecule has 2 aliphatic rings. The van der Waals surface area contributed by atoms with Gasteiger partial charge >= 0.3 is 0 Å². The Morgan fingerprint density at radius 2 is 2.12 bits per heavy atom. The highest BCUT2D eigenvalue weighted by molar-refractivity contribution is 6.00. The number of allylic oxidation sites excluding steroid dienone is 1. The average molecular weight is 234 g/mol. The quantitative estimate of drug-likeness (QED) is 0.553. The van der Waals surface area contributed by atoms with Crippen molar-refractivity contribution in [2.45, 2.75) is 46.0 Å². The molecule has 0 N–H and O–H groups in total. The third kappa shape index (κ3) is 2.36. The minimum Gasteiger partial charge on any atom is -0.303 e. The monoisotopic (exact) mass is 234 g/mol. The molecule has 0 bridgehead atoms. The Labute approximate surface area is 103 Å². The van der Waals surface area contributed by atoms with E-state index in [-0.39, 0.29) is 17.3 Å². The van der Waals surface area contributed by atoms with Gasteiger partial charge in [0.05, 0.1) is 0 Å². The van der Waals surface area contributed by atoms with Gasteiger partial charge in [-0.05, 0) is 37.0 Å². The van der Waals surface area contributed by atoms with Gasteiger partial charge in [-0.2, -0.15) is 0 Å². The van der Waals surface area contributed by atoms with Crippen molar-refractivity contribution in [1.29, 1.82) is 0 Å². The smallest absolute Gasteiger partial charge is 0.140 e. The van der Waals surface area contributed by atoms with Crippen molar-refractivity contribution in [2.75, 3.05) is 0 Å². The highest BCUT2D eigenvalue weighted by atomic mass is 16.1. The number of carbonyl (C=O) groups is 2. The zero-order chi connectivity index (χ0) is 12.6. The van der Waals surface area contributed by atoms with Gasteiger partial charge in [0.2, 0.25) is 0 Å². The van der Waals surface area contributed by atoms with E-state index in [0.717, 1.165) is 19.1 Å². The number of ketones is 1. The Hall–Kier alpha value is -0.920. The maximum Gasteiger partial charge on any atom is 0.140 e. The van der Waals surface area contributed by atoms with Crippen molar-refractivity contribution in [3.8, 4) is 0 Å². The number of aldehydes is 1. The minimum absolute atomic E-state index is 0.0260. The normalized spacial score (nSPS) is 35.8. The van der Waals surface area contributed by atoms with Crippen LogP contribution >= 0.6 is 0 Å². The molecule has 0 saturated heterocycles. The summed E-state index contributed by atoms with van der Waals surface area (Å²) in [7, 11) is 0. The Morgan fingerprint density at radius 3 is 2.71 bits per heavy atom. The molecule has 2 heteroatoms. The van der Waals surface area contributed by atoms with Crippen LogP contribution in [0.4, 0.5) is 0 Å². The van der Waals surface area contributed by atoms with Crippen LogP contribution in [-0.4, -0.2) is 12.1 Å². The number of rotatable bonds is 4. The first-order valence-electron chi connectivity index (χ1n) is 6.62. The summed E-state index contributed by atoms with van der Waals surface area (Å²) < 4.78 is 0. The van der Waals surface area contributed by atoms with Crippen LogP contribution in [0.25, 0.3) is 0 Å². The molecule has 94 valence electrons. The van der Waals surface area contributed by atoms with Gasteiger partial charge in [-0.1, -0.05) is 26.0 Å². The van der Waals surface area contributed by atoms with Crippen LogP contribution in [0.2, 0.25) is 0 Å². The molecule has 0 radical (unpaired) electrons. The Morgan fingerprint density at radius 1 is 1.41 bits per heavy atom. The van der Waals surface area contributed by atoms with Crippen molar-refractivity contribution in [2.24, 2.45) is 23.2 Å². The van der Waals surface area contributed by atoms with Gasteiger partial charge in [-0.25, -0.2) is 0 Å². The molecule has 2 saturated carbocycles. The Bertz CT molecular complexity index is 354. The van der Waals surface area contributed by atoms with E-state index in [1.165, 1.54) is 18.4 Å². The predicted octanol–water partition coefficient (Wildman–Crippen LogP) is 3.16. The summed E-state index contributed by atoms with van der Waals surface area (Å²) in [6.45, 7) is 8.75. The van der Waals surface area contributed by atoms with Crippen LogP contribution in [0.3, 0.4) is 0 Å². The lowest BCUT2D eigenvalue weighted by Crippen LogP contribution is -2.30. The third-order valence-electron chi connectivity index (χ3n) is 4.70. The molecule has 0 aromatic rings. The summed E-state index contributed by atoms with van der Waals surface area (Å²) in [5, 5.41) is 0. The second-order valence-corrected chi connectivity index (χ2v) is 6.31. The van der Waals surface area contributed by atoms with E-state index in [4.69, 9.17) is 0 Å². The molecule has 2 rings (SSSR count). The Kier molecular flexibility index (Phi) is 3.24. The molecule has 0 aromatic carbocycles. The van der Waals surface area contributed by atoms with Crippen LogP contribution in [0.15, 0.2) is 12.2 Å². The fraction of sp³-hybridized carbons (Fsp3) is 0.733. The predicted molar refractivity (Wildman–Crippen MR) is 67.5 cm³/mol. The molecule has 0 spiro atoms. The fourth-order valence-electron chi connectivity index (χ4n) is 3.43. The topological polar surface area (TPSA) is 34.1 Å². The molecule has 0 aliphatic heterocycles. The van der Waals surface area contributed by atoms with Gasteiger partial charge in [0.1, 0.15) is 12.1 Å². The van der Waals surface area contributed by atoms with E-state index in [2.05, 4.69) is 20.4 Å². The highest BCUT2D eigenvalue weighted by Crippen LogP contribution is 2.51. The van der Waals surface area contributed by atoms with Gasteiger partial charge < -0.3 is 4.79 Å². The maximum absolute atomic E-state index is 11.6. The number of hydrogen-bond acceptors (Lipinski definition) is 2. The first-order valence-corrected chi connectivity index (χ1v) is 6.62. The molecule has 0 heterocycles. The first-order chi connectivity index (χ1) is 7.97. The molecular formula is C15H22O2. The summed E-state index contributed by atoms with van der Waals surface area (Å²) in [5.74, 6) is 0.922. The van der Waals surface area contributed by atoms with E-state index in [1.54, 1.807) is 0 Å². The van der Waals surface area contributed by atoms with Crippen LogP contribution in [0, 0.1) is 23.2 Å². The second kappa shape index (κ2) is 4.40. The van der Waals surface area contributed by atoms with Crippen LogP contribution in [0.5, 0.6) is 0 Å². The van der Waals surface area contributed by atoms with Gasteiger partial charge in [-0.3, -0.25) is 4.79 Å². The first kappa shape index (κ1) is 12.5. The lowest BCUT2D eigenvalue weighted by atomic mass is 9.65. The number of Topliss-reactive ketones (excluding diaryl/α,β-unsaturated/α-hetero) is 1. The molecule has 0 unspecified atom stereocenters. The van der Waals surface area contributed by atoms with E-state index in [1.807, 2.05) is 0 Å². The van der Waals surface area contributed by atoms with Gasteiger partial charge in [-0.15, -0.1) is 0 Å². The van der Waals surface area contributed by atoms with Gasteiger partial charge in [0.25, 0.3) is 0 Å². The van der Waals surface area contributed by atoms with Crippen molar-refractivity contribution >= 4 is 12.1 Å². The molecular weight excluding hydrogens is 212 g/mol. The Balaban J connectivity index is 2.00. The van der Waals surface area contributed by atoms with Crippen LogP contribution in [-0.2, 0) is 9.59 Å². The SMILES string of the molecule is C=C1CCCC(C)(C)[C@H]1C[C@H]1C(=O)[C@@H]1CC=O. The van der Waals surface area contributed by atoms with E-state index >= 15 is 0 Å². The molecule has 17 heavy (non-hydrogen) atoms. The average Bonchev–Trinajstić information content (AvgIpc) is 2.83. The molecule has 2 fully saturated rings. The maximum atomic E-state index is 11.6. The summed E-state index contributed by atoms with van der Waals surface area (Å²) in [6.07, 6.45) is 5.76. The van der Waals surface area contributed by atoms with Gasteiger partial charge in [0.15, 0.2) is 0 Å². The summed E-state index contributed by atoms with van der Waals surface area (Å²) in [5.41, 5.74) is 1.58. The second-order valence-electron chi connectivity index (χ2n) is 6.31. The van der Waals surface area contributed by atoms with E-state index in [9.17, 15) is 9.59 Å². The van der Waals surface area contributed by atoms with Crippen molar-refractivity contribution < 1.29 is 9.59 Å². The van der Waals surface area contributed by atoms with Crippen molar-refractivity contribution in [3.05, 3.63) is 12.2 Å². The van der Waals surface area contributed by atoms with Crippen molar-refractivity contribution in [1.82, 2.24) is 0 Å². The van der Waals surface area contributed by atoms with Crippen molar-refractivity contribution in [3.63, 3.8) is 0 Å². The van der Waals surface area contributed by atoms with E-state index in [0.29, 0.717) is 18.1 Å². The van der Waals surface area contributed by atoms with Crippen LogP contribution in [0.1, 0.15) is 46.0 Å². The van der Waals surface area contributed by atoms with Crippen LogP contribution < -0.4 is 0 Å². The lowest BCUT2D eigenvalue weighted by Gasteiger charge is -2.40.